The molecule has 3 unspecified atom stereocenters. The maximum Gasteiger partial charge on any atom is 0.350 e. The minimum atomic E-state index is -1.19. The maximum atomic E-state index is 12.6. The molecule has 10 heteroatoms. The van der Waals surface area contributed by atoms with Gasteiger partial charge in [-0.3, -0.25) is 14.7 Å². The van der Waals surface area contributed by atoms with Gasteiger partial charge in [0.15, 0.2) is 0 Å². The highest BCUT2D eigenvalue weighted by atomic mass is 17.5. The van der Waals surface area contributed by atoms with Crippen molar-refractivity contribution in [3.05, 3.63) is 0 Å². The maximum absolute atomic E-state index is 12.6. The van der Waals surface area contributed by atoms with E-state index >= 15 is 0 Å². The Morgan fingerprint density at radius 3 is 1.59 bits per heavy atom. The first-order chi connectivity index (χ1) is 18.1. The van der Waals surface area contributed by atoms with Crippen LogP contribution < -0.4 is 0 Å². The molecule has 0 aliphatic rings. The fraction of sp³-hybridized carbons (Fsp3) is 0.897. The van der Waals surface area contributed by atoms with Crippen LogP contribution in [0.2, 0.25) is 0 Å². The van der Waals surface area contributed by atoms with Crippen LogP contribution in [0.1, 0.15) is 133 Å². The van der Waals surface area contributed by atoms with Gasteiger partial charge in [-0.2, -0.15) is 14.7 Å². The van der Waals surface area contributed by atoms with E-state index in [1.165, 1.54) is 0 Å². The molecule has 0 radical (unpaired) electrons. The molecule has 0 aromatic heterocycles. The molecule has 10 nitrogen and oxygen atoms in total. The molecule has 230 valence electrons. The van der Waals surface area contributed by atoms with Crippen LogP contribution in [0.15, 0.2) is 0 Å². The van der Waals surface area contributed by atoms with Gasteiger partial charge >= 0.3 is 17.9 Å². The molecule has 0 aliphatic carbocycles. The highest BCUT2D eigenvalue weighted by Crippen LogP contribution is 2.28. The summed E-state index contributed by atoms with van der Waals surface area (Å²) in [6, 6.07) is 0. The number of carbonyl (C=O) groups excluding carboxylic acids is 3. The number of rotatable bonds is 21. The normalized spacial score (nSPS) is 15.2. The summed E-state index contributed by atoms with van der Waals surface area (Å²) in [6.07, 6.45) is 7.18. The van der Waals surface area contributed by atoms with Gasteiger partial charge in [0, 0.05) is 0 Å². The van der Waals surface area contributed by atoms with Crippen molar-refractivity contribution in [1.82, 2.24) is 0 Å². The Kier molecular flexibility index (Phi) is 17.7. The van der Waals surface area contributed by atoms with Gasteiger partial charge in [0.05, 0.1) is 17.3 Å². The van der Waals surface area contributed by atoms with Gasteiger partial charge in [-0.15, -0.1) is 0 Å². The topological polar surface area (TPSA) is 116 Å². The van der Waals surface area contributed by atoms with E-state index in [4.69, 9.17) is 29.3 Å². The standard InChI is InChI=1S/C29H54O10/c1-11-15-17-22(13-3)24(30)34-37-28(8,9)19-20-29(10,21-33-39-36-26(32)27(5,6)7)38-35-25(31)23(14-4)18-16-12-2/h22-23H,11-21H2,1-10H3. The quantitative estimate of drug-likeness (QED) is 0.0811. The second-order valence-electron chi connectivity index (χ2n) is 12.1. The Hall–Kier alpha value is -1.75. The molecule has 39 heavy (non-hydrogen) atoms. The summed E-state index contributed by atoms with van der Waals surface area (Å²) in [7, 11) is 0. The van der Waals surface area contributed by atoms with Crippen LogP contribution in [0.25, 0.3) is 0 Å². The van der Waals surface area contributed by atoms with Crippen LogP contribution >= 0.6 is 0 Å². The summed E-state index contributed by atoms with van der Waals surface area (Å²) in [5.41, 5.74) is -2.84. The molecule has 0 aliphatic heterocycles. The highest BCUT2D eigenvalue weighted by Gasteiger charge is 2.36. The molecule has 0 heterocycles. The van der Waals surface area contributed by atoms with Crippen molar-refractivity contribution in [1.29, 1.82) is 0 Å². The van der Waals surface area contributed by atoms with Gasteiger partial charge in [0.2, 0.25) is 0 Å². The van der Waals surface area contributed by atoms with E-state index in [0.29, 0.717) is 25.7 Å². The van der Waals surface area contributed by atoms with E-state index in [9.17, 15) is 14.4 Å². The third kappa shape index (κ3) is 16.2. The monoisotopic (exact) mass is 562 g/mol. The van der Waals surface area contributed by atoms with Crippen molar-refractivity contribution in [2.24, 2.45) is 17.3 Å². The van der Waals surface area contributed by atoms with Crippen molar-refractivity contribution in [3.8, 4) is 0 Å². The first-order valence-electron chi connectivity index (χ1n) is 14.4. The molecule has 0 bridgehead atoms. The van der Waals surface area contributed by atoms with Crippen molar-refractivity contribution in [3.63, 3.8) is 0 Å². The van der Waals surface area contributed by atoms with Crippen molar-refractivity contribution < 1.29 is 48.7 Å². The van der Waals surface area contributed by atoms with Crippen molar-refractivity contribution in [2.45, 2.75) is 145 Å². The Labute approximate surface area is 235 Å². The fourth-order valence-corrected chi connectivity index (χ4v) is 3.38. The third-order valence-corrected chi connectivity index (χ3v) is 6.53. The van der Waals surface area contributed by atoms with E-state index in [1.54, 1.807) is 41.5 Å². The summed E-state index contributed by atoms with van der Waals surface area (Å²) >= 11 is 0. The third-order valence-electron chi connectivity index (χ3n) is 6.53. The Balaban J connectivity index is 5.21. The van der Waals surface area contributed by atoms with E-state index in [1.807, 2.05) is 13.8 Å². The lowest BCUT2D eigenvalue weighted by Crippen LogP contribution is -2.39. The zero-order chi connectivity index (χ0) is 30.1. The molecule has 0 fully saturated rings. The zero-order valence-electron chi connectivity index (χ0n) is 26.0. The van der Waals surface area contributed by atoms with Gasteiger partial charge in [-0.25, -0.2) is 14.4 Å². The lowest BCUT2D eigenvalue weighted by atomic mass is 9.93. The molecule has 0 N–H and O–H groups in total. The largest absolute Gasteiger partial charge is 0.350 e. The molecule has 0 saturated heterocycles. The lowest BCUT2D eigenvalue weighted by Gasteiger charge is -2.31. The molecular weight excluding hydrogens is 508 g/mol. The van der Waals surface area contributed by atoms with E-state index in [0.717, 1.165) is 32.1 Å². The predicted molar refractivity (Wildman–Crippen MR) is 145 cm³/mol. The summed E-state index contributed by atoms with van der Waals surface area (Å²) in [5.74, 6) is -1.95. The van der Waals surface area contributed by atoms with Crippen LogP contribution in [0, 0.1) is 17.3 Å². The van der Waals surface area contributed by atoms with Crippen LogP contribution in [0.5, 0.6) is 0 Å². The lowest BCUT2D eigenvalue weighted by molar-refractivity contribution is -0.503. The Morgan fingerprint density at radius 1 is 0.667 bits per heavy atom. The van der Waals surface area contributed by atoms with Gasteiger partial charge in [-0.05, 0) is 85.1 Å². The smallest absolute Gasteiger partial charge is 0.298 e. The molecule has 3 atom stereocenters. The first kappa shape index (κ1) is 37.2. The SMILES string of the molecule is CCCCC(CC)C(=O)OOC(C)(C)CCC(C)(COOOC(=O)C(C)(C)C)OOC(=O)C(CC)CCCC. The number of carbonyl (C=O) groups is 3. The van der Waals surface area contributed by atoms with Crippen LogP contribution in [-0.4, -0.2) is 35.7 Å². The van der Waals surface area contributed by atoms with Crippen molar-refractivity contribution in [2.75, 3.05) is 6.61 Å². The predicted octanol–water partition coefficient (Wildman–Crippen LogP) is 7.14. The summed E-state index contributed by atoms with van der Waals surface area (Å²) in [5, 5.41) is 4.66. The average Bonchev–Trinajstić information content (AvgIpc) is 2.88. The second kappa shape index (κ2) is 18.6. The number of hydrogen-bond acceptors (Lipinski definition) is 10. The number of hydrogen-bond donors (Lipinski definition) is 0. The summed E-state index contributed by atoms with van der Waals surface area (Å²) in [4.78, 5) is 68.3. The molecule has 0 aromatic carbocycles. The van der Waals surface area contributed by atoms with E-state index < -0.39 is 28.6 Å². The van der Waals surface area contributed by atoms with E-state index in [2.05, 4.69) is 18.9 Å². The van der Waals surface area contributed by atoms with Crippen LogP contribution in [-0.2, 0) is 48.7 Å². The van der Waals surface area contributed by atoms with Gasteiger partial charge in [0.1, 0.15) is 17.8 Å². The van der Waals surface area contributed by atoms with Gasteiger partial charge in [0.25, 0.3) is 0 Å². The summed E-state index contributed by atoms with van der Waals surface area (Å²) < 4.78 is 0. The fourth-order valence-electron chi connectivity index (χ4n) is 3.38. The molecule has 0 aromatic rings. The molecule has 0 rings (SSSR count). The van der Waals surface area contributed by atoms with Crippen LogP contribution in [0.3, 0.4) is 0 Å². The molecule has 0 amide bonds. The summed E-state index contributed by atoms with van der Waals surface area (Å²) in [6.45, 7) is 18.0. The van der Waals surface area contributed by atoms with Gasteiger partial charge in [-0.1, -0.05) is 53.4 Å². The zero-order valence-corrected chi connectivity index (χ0v) is 26.0. The minimum absolute atomic E-state index is 0.214. The number of unbranched alkanes of at least 4 members (excludes halogenated alkanes) is 2. The van der Waals surface area contributed by atoms with E-state index in [-0.39, 0.29) is 30.8 Å². The highest BCUT2D eigenvalue weighted by molar-refractivity contribution is 5.74. The van der Waals surface area contributed by atoms with Crippen molar-refractivity contribution >= 4 is 17.9 Å². The molecule has 0 spiro atoms. The first-order valence-corrected chi connectivity index (χ1v) is 14.4. The van der Waals surface area contributed by atoms with Gasteiger partial charge < -0.3 is 0 Å². The van der Waals surface area contributed by atoms with Crippen LogP contribution in [0.4, 0.5) is 0 Å². The molecule has 0 saturated carbocycles. The second-order valence-corrected chi connectivity index (χ2v) is 12.1. The minimum Gasteiger partial charge on any atom is -0.298 e. The molecular formula is C29H54O10. The Bertz CT molecular complexity index is 715. The average molecular weight is 563 g/mol. The Morgan fingerprint density at radius 2 is 1.15 bits per heavy atom.